The zero-order valence-electron chi connectivity index (χ0n) is 46.2. The summed E-state index contributed by atoms with van der Waals surface area (Å²) >= 11 is 12.2. The summed E-state index contributed by atoms with van der Waals surface area (Å²) in [6.07, 6.45) is 14.6. The summed E-state index contributed by atoms with van der Waals surface area (Å²) in [6.45, 7) is 6.87. The Kier molecular flexibility index (Phi) is 13.1. The fourth-order valence-electron chi connectivity index (χ4n) is 13.6. The highest BCUT2D eigenvalue weighted by atomic mass is 35.5. The molecule has 0 amide bonds. The van der Waals surface area contributed by atoms with Crippen LogP contribution in [-0.2, 0) is 50.1 Å². The number of hydrogen-bond donors (Lipinski definition) is 3. The van der Waals surface area contributed by atoms with E-state index >= 15 is 0 Å². The van der Waals surface area contributed by atoms with E-state index in [-0.39, 0.29) is 64.3 Å². The lowest BCUT2D eigenvalue weighted by Gasteiger charge is -2.62. The Balaban J connectivity index is 0.000000117. The van der Waals surface area contributed by atoms with Crippen LogP contribution in [0.2, 0.25) is 10.0 Å². The summed E-state index contributed by atoms with van der Waals surface area (Å²) in [6, 6.07) is 25.7. The molecule has 6 N–H and O–H groups in total. The van der Waals surface area contributed by atoms with Crippen LogP contribution < -0.4 is 36.1 Å². The smallest absolute Gasteiger partial charge is 0.283 e. The number of hydrogen-bond acceptors (Lipinski definition) is 19. The second kappa shape index (κ2) is 20.1. The third-order valence-electron chi connectivity index (χ3n) is 18.7. The molecule has 19 nitrogen and oxygen atoms in total. The van der Waals surface area contributed by atoms with Crippen LogP contribution >= 0.6 is 23.2 Å². The quantitative estimate of drug-likeness (QED) is 0.114. The van der Waals surface area contributed by atoms with Gasteiger partial charge in [-0.05, 0) is 130 Å². The Morgan fingerprint density at radius 1 is 0.566 bits per heavy atom. The van der Waals surface area contributed by atoms with Crippen molar-refractivity contribution in [3.8, 4) is 23.1 Å². The SMILES string of the molecule is CC1(C)Oc2ccc(Cc3ncccc3Cl)cc2C2(COC(N)=N2)C12CCC2.COc1cnc(C(=O)Cc2ccc3c(c2)C2(COC(N)=N2)C2(CC2)CO3)cn1.NC1=NC2(CO1)c1cc(CC(=O)c3ccc(Cl)cn3)ccc1OCC21CC1. The molecule has 9 aliphatic rings. The number of nitrogens with zero attached hydrogens (tertiary/aromatic N) is 7. The highest BCUT2D eigenvalue weighted by molar-refractivity contribution is 6.31. The number of nitrogens with two attached hydrogens (primary N) is 3. The normalized spacial score (nSPS) is 24.6. The van der Waals surface area contributed by atoms with E-state index in [0.29, 0.717) is 66.8 Å². The Morgan fingerprint density at radius 2 is 1.10 bits per heavy atom. The van der Waals surface area contributed by atoms with Crippen molar-refractivity contribution in [1.82, 2.24) is 19.9 Å². The number of halogens is 2. The molecule has 3 aromatic heterocycles. The van der Waals surface area contributed by atoms with Gasteiger partial charge in [-0.2, -0.15) is 0 Å². The lowest BCUT2D eigenvalue weighted by Crippen LogP contribution is -2.66. The van der Waals surface area contributed by atoms with Crippen LogP contribution in [0.3, 0.4) is 0 Å². The molecule has 0 radical (unpaired) electrons. The molecule has 9 heterocycles. The lowest BCUT2D eigenvalue weighted by molar-refractivity contribution is -0.157. The molecule has 3 saturated carbocycles. The second-order valence-corrected chi connectivity index (χ2v) is 24.4. The topological polar surface area (TPSA) is 265 Å². The summed E-state index contributed by atoms with van der Waals surface area (Å²) in [4.78, 5) is 56.3. The maximum atomic E-state index is 12.6. The predicted octanol–water partition coefficient (Wildman–Crippen LogP) is 8.70. The molecule has 6 spiro atoms. The second-order valence-electron chi connectivity index (χ2n) is 23.6. The maximum Gasteiger partial charge on any atom is 0.283 e. The molecule has 3 fully saturated rings. The van der Waals surface area contributed by atoms with Crippen LogP contribution in [0.15, 0.2) is 119 Å². The molecule has 3 unspecified atom stereocenters. The molecule has 6 aliphatic heterocycles. The summed E-state index contributed by atoms with van der Waals surface area (Å²) in [5.41, 5.74) is 23.0. The standard InChI is InChI=1S/C22H24ClN3O2.C20H18ClN3O3.C20H20N4O4/c1-20(2)21(8-4-9-21)22(13-27-19(24)26-22)15-11-14(6-7-18(15)28-20)12-17-16(23)5-3-10-25-17;21-13-2-3-15(23-9-13)16(25)8-12-1-4-17-14(7-12)20(11-27-18(22)24-20)19(5-6-19)10-26-17;1-26-17-9-22-14(8-23-17)15(25)7-12-2-3-16-13(6-12)20(11-28-18(21)24-20)19(4-5-19)10-27-16/h3,5-7,10-11H,4,8-9,12-13H2,1-2H3,(H2,24,26);1-4,7,9H,5-6,8,10-11H2,(H2,22,24);2-3,6,8-9H,4-5,7,10-11H2,1H3,(H2,21,24). The molecule has 428 valence electrons. The van der Waals surface area contributed by atoms with Crippen molar-refractivity contribution in [1.29, 1.82) is 0 Å². The van der Waals surface area contributed by atoms with Gasteiger partial charge in [-0.25, -0.2) is 24.9 Å². The van der Waals surface area contributed by atoms with Crippen LogP contribution in [0.25, 0.3) is 0 Å². The first kappa shape index (κ1) is 54.2. The molecule has 6 aromatic rings. The van der Waals surface area contributed by atoms with Gasteiger partial charge in [0.2, 0.25) is 5.88 Å². The molecule has 3 aromatic carbocycles. The van der Waals surface area contributed by atoms with Crippen LogP contribution in [-0.4, -0.2) is 95.3 Å². The minimum atomic E-state index is -0.524. The van der Waals surface area contributed by atoms with Gasteiger partial charge in [-0.15, -0.1) is 0 Å². The number of aromatic nitrogens is 4. The summed E-state index contributed by atoms with van der Waals surface area (Å²) < 4.78 is 40.4. The Morgan fingerprint density at radius 3 is 1.58 bits per heavy atom. The number of ketones is 2. The van der Waals surface area contributed by atoms with Gasteiger partial charge in [-0.1, -0.05) is 47.8 Å². The van der Waals surface area contributed by atoms with E-state index in [1.807, 2.05) is 54.6 Å². The average Bonchev–Trinajstić information content (AvgIpc) is 1.81. The van der Waals surface area contributed by atoms with E-state index in [1.54, 1.807) is 18.3 Å². The fourth-order valence-corrected chi connectivity index (χ4v) is 13.9. The zero-order chi connectivity index (χ0) is 57.6. The third-order valence-corrected chi connectivity index (χ3v) is 19.3. The number of methoxy groups -OCH3 is 1. The van der Waals surface area contributed by atoms with Gasteiger partial charge in [-0.3, -0.25) is 19.6 Å². The zero-order valence-corrected chi connectivity index (χ0v) is 47.7. The minimum absolute atomic E-state index is 0.0541. The molecule has 21 heteroatoms. The number of benzene rings is 3. The van der Waals surface area contributed by atoms with Gasteiger partial charge >= 0.3 is 0 Å². The molecular weight excluding hydrogens is 1100 g/mol. The van der Waals surface area contributed by atoms with Crippen LogP contribution in [0, 0.1) is 16.2 Å². The van der Waals surface area contributed by atoms with E-state index in [9.17, 15) is 9.59 Å². The lowest BCUT2D eigenvalue weighted by atomic mass is 9.48. The maximum absolute atomic E-state index is 12.6. The number of rotatable bonds is 9. The summed E-state index contributed by atoms with van der Waals surface area (Å²) in [5, 5.41) is 1.18. The van der Waals surface area contributed by atoms with Crippen LogP contribution in [0.5, 0.6) is 23.1 Å². The van der Waals surface area contributed by atoms with E-state index in [1.165, 1.54) is 32.1 Å². The summed E-state index contributed by atoms with van der Waals surface area (Å²) in [7, 11) is 1.51. The van der Waals surface area contributed by atoms with Crippen molar-refractivity contribution in [2.24, 2.45) is 48.4 Å². The number of carbonyl (C=O) groups is 2. The molecule has 3 atom stereocenters. The molecule has 83 heavy (non-hydrogen) atoms. The van der Waals surface area contributed by atoms with E-state index in [2.05, 4.69) is 45.9 Å². The number of fused-ring (bicyclic) bond motifs is 9. The van der Waals surface area contributed by atoms with Crippen molar-refractivity contribution < 1.29 is 42.7 Å². The van der Waals surface area contributed by atoms with Crippen LogP contribution in [0.4, 0.5) is 0 Å². The van der Waals surface area contributed by atoms with Crippen molar-refractivity contribution in [2.45, 2.75) is 100 Å². The van der Waals surface area contributed by atoms with Gasteiger partial charge in [0, 0.05) is 64.6 Å². The number of amidine groups is 3. The highest BCUT2D eigenvalue weighted by Crippen LogP contribution is 2.69. The molecule has 15 rings (SSSR count). The van der Waals surface area contributed by atoms with Crippen molar-refractivity contribution in [3.05, 3.63) is 164 Å². The van der Waals surface area contributed by atoms with Gasteiger partial charge in [0.1, 0.15) is 70.7 Å². The monoisotopic (exact) mass is 1160 g/mol. The molecule has 3 aliphatic carbocycles. The number of ether oxygens (including phenoxy) is 7. The van der Waals surface area contributed by atoms with E-state index in [4.69, 9.17) is 88.5 Å². The number of Topliss-reactive ketones (excluding diaryl/α,β-unsaturated/α-hetero) is 2. The van der Waals surface area contributed by atoms with Crippen LogP contribution in [0.1, 0.15) is 119 Å². The minimum Gasteiger partial charge on any atom is -0.493 e. The largest absolute Gasteiger partial charge is 0.493 e. The van der Waals surface area contributed by atoms with Gasteiger partial charge < -0.3 is 50.4 Å². The first-order valence-electron chi connectivity index (χ1n) is 27.9. The Labute approximate surface area is 489 Å². The van der Waals surface area contributed by atoms with E-state index in [0.717, 1.165) is 94.8 Å². The summed E-state index contributed by atoms with van der Waals surface area (Å²) in [5.74, 6) is 2.61. The number of aliphatic imine (C=N–C) groups is 3. The highest BCUT2D eigenvalue weighted by Gasteiger charge is 2.70. The third kappa shape index (κ3) is 9.03. The average molecular weight is 1160 g/mol. The predicted molar refractivity (Wildman–Crippen MR) is 308 cm³/mol. The van der Waals surface area contributed by atoms with Gasteiger partial charge in [0.25, 0.3) is 18.1 Å². The fraction of sp³-hybridized carbons (Fsp3) is 0.403. The number of carbonyl (C=O) groups excluding carboxylic acids is 2. The number of pyridine rings is 2. The Bertz CT molecular complexity index is 3700. The molecule has 0 bridgehead atoms. The first-order chi connectivity index (χ1) is 39.9. The van der Waals surface area contributed by atoms with E-state index < -0.39 is 16.6 Å². The van der Waals surface area contributed by atoms with Crippen molar-refractivity contribution in [2.75, 3.05) is 40.1 Å². The molecular formula is C62H62Cl2N10O9. The van der Waals surface area contributed by atoms with Crippen molar-refractivity contribution >= 4 is 52.8 Å². The van der Waals surface area contributed by atoms with Crippen molar-refractivity contribution in [3.63, 3.8) is 0 Å². The first-order valence-corrected chi connectivity index (χ1v) is 28.6. The van der Waals surface area contributed by atoms with Gasteiger partial charge in [0.05, 0.1) is 48.5 Å². The Hall–Kier alpha value is -8.03. The van der Waals surface area contributed by atoms with Gasteiger partial charge in [0.15, 0.2) is 11.6 Å². The molecule has 0 saturated heterocycles.